The van der Waals surface area contributed by atoms with Crippen molar-refractivity contribution in [1.82, 2.24) is 0 Å². The number of hydrogen-bond donors (Lipinski definition) is 0. The summed E-state index contributed by atoms with van der Waals surface area (Å²) in [6.45, 7) is 7.79. The lowest BCUT2D eigenvalue weighted by Gasteiger charge is -2.21. The van der Waals surface area contributed by atoms with Gasteiger partial charge in [-0.3, -0.25) is 0 Å². The first-order valence-corrected chi connectivity index (χ1v) is 6.10. The molecule has 1 aliphatic carbocycles. The molecule has 14 heavy (non-hydrogen) atoms. The number of rotatable bonds is 6. The first-order chi connectivity index (χ1) is 6.83. The Hall–Kier alpha value is -0.520. The van der Waals surface area contributed by atoms with Crippen molar-refractivity contribution < 1.29 is 0 Å². The highest BCUT2D eigenvalue weighted by Crippen LogP contribution is 2.28. The summed E-state index contributed by atoms with van der Waals surface area (Å²) in [4.78, 5) is 0. The minimum absolute atomic E-state index is 1.00. The molecule has 1 aliphatic rings. The molecule has 0 atom stereocenters. The van der Waals surface area contributed by atoms with E-state index < -0.39 is 0 Å². The minimum atomic E-state index is 1.00. The Kier molecular flexibility index (Phi) is 5.66. The quantitative estimate of drug-likeness (QED) is 0.527. The van der Waals surface area contributed by atoms with Gasteiger partial charge in [-0.2, -0.15) is 0 Å². The van der Waals surface area contributed by atoms with E-state index in [1.807, 2.05) is 6.08 Å². The molecule has 0 aromatic heterocycles. The Balaban J connectivity index is 2.02. The molecule has 0 aliphatic heterocycles. The zero-order chi connectivity index (χ0) is 10.2. The molecule has 0 aromatic rings. The Bertz CT molecular complexity index is 172. The van der Waals surface area contributed by atoms with Crippen LogP contribution in [0.25, 0.3) is 0 Å². The van der Waals surface area contributed by atoms with Gasteiger partial charge in [-0.05, 0) is 25.2 Å². The first kappa shape index (κ1) is 11.6. The Morgan fingerprint density at radius 1 is 1.21 bits per heavy atom. The summed E-state index contributed by atoms with van der Waals surface area (Å²) < 4.78 is 0. The van der Waals surface area contributed by atoms with Gasteiger partial charge < -0.3 is 0 Å². The normalized spacial score (nSPS) is 18.0. The molecule has 0 radical (unpaired) electrons. The average Bonchev–Trinajstić information content (AvgIpc) is 2.20. The second kappa shape index (κ2) is 6.86. The number of allylic oxidation sites excluding steroid dienone is 2. The van der Waals surface area contributed by atoms with Gasteiger partial charge in [0.2, 0.25) is 0 Å². The van der Waals surface area contributed by atoms with Crippen molar-refractivity contribution in [2.45, 2.75) is 57.8 Å². The van der Waals surface area contributed by atoms with E-state index in [0.29, 0.717) is 0 Å². The summed E-state index contributed by atoms with van der Waals surface area (Å²) in [7, 11) is 0. The van der Waals surface area contributed by atoms with Crippen LogP contribution >= 0.6 is 0 Å². The van der Waals surface area contributed by atoms with E-state index >= 15 is 0 Å². The Morgan fingerprint density at radius 2 is 1.93 bits per heavy atom. The van der Waals surface area contributed by atoms with Crippen molar-refractivity contribution in [3.63, 3.8) is 0 Å². The van der Waals surface area contributed by atoms with Crippen LogP contribution in [0.15, 0.2) is 24.8 Å². The molecule has 0 N–H and O–H groups in total. The van der Waals surface area contributed by atoms with Crippen molar-refractivity contribution in [1.29, 1.82) is 0 Å². The molecule has 1 saturated carbocycles. The summed E-state index contributed by atoms with van der Waals surface area (Å²) in [6.07, 6.45) is 14.3. The van der Waals surface area contributed by atoms with Crippen molar-refractivity contribution in [3.8, 4) is 0 Å². The van der Waals surface area contributed by atoms with Crippen LogP contribution in [0.2, 0.25) is 0 Å². The van der Waals surface area contributed by atoms with E-state index in [2.05, 4.69) is 13.2 Å². The van der Waals surface area contributed by atoms with Gasteiger partial charge in [0.1, 0.15) is 0 Å². The zero-order valence-electron chi connectivity index (χ0n) is 9.43. The monoisotopic (exact) mass is 192 g/mol. The standard InChI is InChI=1S/C14H24/c1-3-8-13(2)9-7-12-14-10-5-4-6-11-14/h3,14H,1-2,4-12H2. The van der Waals surface area contributed by atoms with Crippen LogP contribution in [0.4, 0.5) is 0 Å². The lowest BCUT2D eigenvalue weighted by atomic mass is 9.85. The minimum Gasteiger partial charge on any atom is -0.103 e. The molecule has 80 valence electrons. The third-order valence-electron chi connectivity index (χ3n) is 3.30. The van der Waals surface area contributed by atoms with Crippen LogP contribution < -0.4 is 0 Å². The van der Waals surface area contributed by atoms with Gasteiger partial charge in [0.05, 0.1) is 0 Å². The van der Waals surface area contributed by atoms with Crippen molar-refractivity contribution in [2.75, 3.05) is 0 Å². The highest BCUT2D eigenvalue weighted by Gasteiger charge is 2.12. The highest BCUT2D eigenvalue weighted by atomic mass is 14.2. The Labute approximate surface area is 89.1 Å². The summed E-state index contributed by atoms with van der Waals surface area (Å²) in [6, 6.07) is 0. The van der Waals surface area contributed by atoms with Crippen LogP contribution in [0.3, 0.4) is 0 Å². The molecule has 0 aromatic carbocycles. The number of hydrogen-bond acceptors (Lipinski definition) is 0. The third kappa shape index (κ3) is 4.64. The van der Waals surface area contributed by atoms with Gasteiger partial charge >= 0.3 is 0 Å². The fraction of sp³-hybridized carbons (Fsp3) is 0.714. The van der Waals surface area contributed by atoms with Crippen LogP contribution in [-0.2, 0) is 0 Å². The lowest BCUT2D eigenvalue weighted by molar-refractivity contribution is 0.332. The predicted molar refractivity (Wildman–Crippen MR) is 64.4 cm³/mol. The van der Waals surface area contributed by atoms with E-state index in [1.54, 1.807) is 0 Å². The molecule has 0 unspecified atom stereocenters. The van der Waals surface area contributed by atoms with Gasteiger partial charge in [0.25, 0.3) is 0 Å². The smallest absolute Gasteiger partial charge is 0.0144 e. The molecule has 0 spiro atoms. The first-order valence-electron chi connectivity index (χ1n) is 6.10. The van der Waals surface area contributed by atoms with E-state index in [-0.39, 0.29) is 0 Å². The van der Waals surface area contributed by atoms with Gasteiger partial charge in [-0.15, -0.1) is 6.58 Å². The summed E-state index contributed by atoms with van der Waals surface area (Å²) >= 11 is 0. The predicted octanol–water partition coefficient (Wildman–Crippen LogP) is 4.87. The molecule has 0 heteroatoms. The van der Waals surface area contributed by atoms with Gasteiger partial charge in [0.15, 0.2) is 0 Å². The van der Waals surface area contributed by atoms with Crippen molar-refractivity contribution in [2.24, 2.45) is 5.92 Å². The molecular formula is C14H24. The fourth-order valence-electron chi connectivity index (χ4n) is 2.42. The van der Waals surface area contributed by atoms with Gasteiger partial charge in [-0.1, -0.05) is 56.8 Å². The molecule has 0 nitrogen and oxygen atoms in total. The fourth-order valence-corrected chi connectivity index (χ4v) is 2.42. The molecule has 1 fully saturated rings. The van der Waals surface area contributed by atoms with Gasteiger partial charge in [-0.25, -0.2) is 0 Å². The SMILES string of the molecule is C=CCC(=C)CCCC1CCCCC1. The molecule has 1 rings (SSSR count). The zero-order valence-corrected chi connectivity index (χ0v) is 9.43. The molecule has 0 saturated heterocycles. The molecule has 0 heterocycles. The van der Waals surface area contributed by atoms with Gasteiger partial charge in [0, 0.05) is 0 Å². The maximum absolute atomic E-state index is 4.06. The second-order valence-corrected chi connectivity index (χ2v) is 4.64. The molecule has 0 bridgehead atoms. The van der Waals surface area contributed by atoms with Crippen molar-refractivity contribution in [3.05, 3.63) is 24.8 Å². The summed E-state index contributed by atoms with van der Waals surface area (Å²) in [5.41, 5.74) is 1.36. The topological polar surface area (TPSA) is 0 Å². The van der Waals surface area contributed by atoms with E-state index in [1.165, 1.54) is 56.9 Å². The summed E-state index contributed by atoms with van der Waals surface area (Å²) in [5.74, 6) is 1.03. The van der Waals surface area contributed by atoms with E-state index in [0.717, 1.165) is 12.3 Å². The lowest BCUT2D eigenvalue weighted by Crippen LogP contribution is -2.05. The van der Waals surface area contributed by atoms with E-state index in [4.69, 9.17) is 0 Å². The van der Waals surface area contributed by atoms with Crippen LogP contribution in [-0.4, -0.2) is 0 Å². The van der Waals surface area contributed by atoms with Crippen molar-refractivity contribution >= 4 is 0 Å². The maximum Gasteiger partial charge on any atom is -0.0144 e. The maximum atomic E-state index is 4.06. The third-order valence-corrected chi connectivity index (χ3v) is 3.30. The highest BCUT2D eigenvalue weighted by molar-refractivity contribution is 4.99. The van der Waals surface area contributed by atoms with Crippen LogP contribution in [0, 0.1) is 5.92 Å². The second-order valence-electron chi connectivity index (χ2n) is 4.64. The van der Waals surface area contributed by atoms with E-state index in [9.17, 15) is 0 Å². The van der Waals surface area contributed by atoms with Crippen LogP contribution in [0.5, 0.6) is 0 Å². The van der Waals surface area contributed by atoms with Crippen LogP contribution in [0.1, 0.15) is 57.8 Å². The summed E-state index contributed by atoms with van der Waals surface area (Å²) in [5, 5.41) is 0. The Morgan fingerprint density at radius 3 is 2.57 bits per heavy atom. The largest absolute Gasteiger partial charge is 0.103 e. The average molecular weight is 192 g/mol. The molecule has 0 amide bonds. The molecular weight excluding hydrogens is 168 g/mol.